The van der Waals surface area contributed by atoms with Crippen molar-refractivity contribution in [1.82, 2.24) is 9.97 Å². The molecule has 2 aromatic rings. The second kappa shape index (κ2) is 5.50. The van der Waals surface area contributed by atoms with E-state index in [0.717, 1.165) is 0 Å². The minimum atomic E-state index is 0.221. The second-order valence-electron chi connectivity index (χ2n) is 3.90. The number of hydrogen-bond donors (Lipinski definition) is 1. The molecule has 0 atom stereocenters. The van der Waals surface area contributed by atoms with Crippen LogP contribution >= 0.6 is 23.2 Å². The Morgan fingerprint density at radius 2 is 1.68 bits per heavy atom. The van der Waals surface area contributed by atoms with Crippen LogP contribution in [0.15, 0.2) is 28.4 Å². The number of nitrogens with zero attached hydrogens (tertiary/aromatic N) is 4. The van der Waals surface area contributed by atoms with Gasteiger partial charge in [0.1, 0.15) is 11.4 Å². The highest BCUT2D eigenvalue weighted by molar-refractivity contribution is 6.36. The summed E-state index contributed by atoms with van der Waals surface area (Å²) in [6.45, 7) is 3.59. The average molecular weight is 296 g/mol. The van der Waals surface area contributed by atoms with Crippen molar-refractivity contribution >= 4 is 40.5 Å². The number of azo groups is 1. The largest absolute Gasteiger partial charge is 0.368 e. The molecule has 19 heavy (non-hydrogen) atoms. The smallest absolute Gasteiger partial charge is 0.220 e. The van der Waals surface area contributed by atoms with Gasteiger partial charge in [-0.2, -0.15) is 0 Å². The molecule has 98 valence electrons. The number of nitrogen functional groups attached to an aromatic ring is 1. The van der Waals surface area contributed by atoms with Crippen LogP contribution in [-0.4, -0.2) is 9.97 Å². The van der Waals surface area contributed by atoms with Gasteiger partial charge in [0.05, 0.1) is 16.4 Å². The third kappa shape index (κ3) is 3.19. The Balaban J connectivity index is 2.38. The van der Waals surface area contributed by atoms with Crippen LogP contribution in [0, 0.1) is 13.8 Å². The van der Waals surface area contributed by atoms with Crippen molar-refractivity contribution in [1.29, 1.82) is 0 Å². The first-order chi connectivity index (χ1) is 8.97. The van der Waals surface area contributed by atoms with E-state index in [9.17, 15) is 0 Å². The monoisotopic (exact) mass is 295 g/mol. The molecule has 2 rings (SSSR count). The first-order valence-corrected chi connectivity index (χ1v) is 6.20. The Hall–Kier alpha value is -1.72. The molecule has 2 N–H and O–H groups in total. The molecule has 1 heterocycles. The standard InChI is InChI=1S/C12H11Cl2N5/c1-6-11(7(2)17-12(15)16-6)19-18-10-4-3-8(13)5-9(10)14/h3-5H,1-2H3,(H2,15,16,17). The summed E-state index contributed by atoms with van der Waals surface area (Å²) in [5.74, 6) is 0.221. The van der Waals surface area contributed by atoms with Gasteiger partial charge >= 0.3 is 0 Å². The zero-order chi connectivity index (χ0) is 14.0. The van der Waals surface area contributed by atoms with Crippen LogP contribution in [0.25, 0.3) is 0 Å². The number of anilines is 1. The van der Waals surface area contributed by atoms with Crippen molar-refractivity contribution in [3.63, 3.8) is 0 Å². The van der Waals surface area contributed by atoms with Gasteiger partial charge in [0.2, 0.25) is 5.95 Å². The van der Waals surface area contributed by atoms with Crippen molar-refractivity contribution in [2.75, 3.05) is 5.73 Å². The van der Waals surface area contributed by atoms with Crippen LogP contribution in [0.2, 0.25) is 10.0 Å². The molecule has 0 saturated heterocycles. The highest BCUT2D eigenvalue weighted by atomic mass is 35.5. The van der Waals surface area contributed by atoms with Crippen molar-refractivity contribution in [2.45, 2.75) is 13.8 Å². The third-order valence-corrected chi connectivity index (χ3v) is 2.96. The Labute approximate surface area is 120 Å². The quantitative estimate of drug-likeness (QED) is 0.834. The molecule has 5 nitrogen and oxygen atoms in total. The topological polar surface area (TPSA) is 76.5 Å². The van der Waals surface area contributed by atoms with Gasteiger partial charge in [-0.25, -0.2) is 9.97 Å². The minimum absolute atomic E-state index is 0.221. The van der Waals surface area contributed by atoms with E-state index in [-0.39, 0.29) is 5.95 Å². The van der Waals surface area contributed by atoms with Gasteiger partial charge in [-0.1, -0.05) is 23.2 Å². The van der Waals surface area contributed by atoms with Gasteiger partial charge in [-0.15, -0.1) is 10.2 Å². The molecule has 0 bridgehead atoms. The fraction of sp³-hybridized carbons (Fsp3) is 0.167. The molecule has 0 amide bonds. The highest BCUT2D eigenvalue weighted by Gasteiger charge is 2.06. The number of rotatable bonds is 2. The van der Waals surface area contributed by atoms with Crippen LogP contribution in [0.5, 0.6) is 0 Å². The second-order valence-corrected chi connectivity index (χ2v) is 4.74. The average Bonchev–Trinajstić information content (AvgIpc) is 2.30. The molecule has 1 aromatic carbocycles. The summed E-state index contributed by atoms with van der Waals surface area (Å²) in [5.41, 5.74) is 7.99. The predicted molar refractivity (Wildman–Crippen MR) is 76.6 cm³/mol. The van der Waals surface area contributed by atoms with Crippen molar-refractivity contribution < 1.29 is 0 Å². The van der Waals surface area contributed by atoms with Crippen LogP contribution in [-0.2, 0) is 0 Å². The normalized spacial score (nSPS) is 11.2. The van der Waals surface area contributed by atoms with E-state index in [1.165, 1.54) is 0 Å². The molecule has 0 aliphatic heterocycles. The van der Waals surface area contributed by atoms with Gasteiger partial charge < -0.3 is 5.73 Å². The van der Waals surface area contributed by atoms with Crippen LogP contribution in [0.1, 0.15) is 11.4 Å². The van der Waals surface area contributed by atoms with Crippen LogP contribution in [0.3, 0.4) is 0 Å². The fourth-order valence-corrected chi connectivity index (χ4v) is 1.99. The van der Waals surface area contributed by atoms with Gasteiger partial charge in [-0.05, 0) is 32.0 Å². The summed E-state index contributed by atoms with van der Waals surface area (Å²) >= 11 is 11.8. The molecule has 0 aliphatic rings. The van der Waals surface area contributed by atoms with Gasteiger partial charge in [0.25, 0.3) is 0 Å². The maximum Gasteiger partial charge on any atom is 0.220 e. The lowest BCUT2D eigenvalue weighted by Gasteiger charge is -2.03. The van der Waals surface area contributed by atoms with E-state index >= 15 is 0 Å². The Kier molecular flexibility index (Phi) is 3.97. The Morgan fingerprint density at radius 1 is 1.05 bits per heavy atom. The van der Waals surface area contributed by atoms with Crippen molar-refractivity contribution in [2.24, 2.45) is 10.2 Å². The summed E-state index contributed by atoms with van der Waals surface area (Å²) in [4.78, 5) is 8.08. The molecule has 0 saturated carbocycles. The summed E-state index contributed by atoms with van der Waals surface area (Å²) in [7, 11) is 0. The third-order valence-electron chi connectivity index (χ3n) is 2.42. The van der Waals surface area contributed by atoms with Crippen molar-refractivity contribution in [3.8, 4) is 0 Å². The van der Waals surface area contributed by atoms with Gasteiger partial charge in [0.15, 0.2) is 0 Å². The molecule has 0 spiro atoms. The lowest BCUT2D eigenvalue weighted by Crippen LogP contribution is -1.98. The number of aromatic nitrogens is 2. The number of nitrogens with two attached hydrogens (primary N) is 1. The first kappa shape index (κ1) is 13.7. The zero-order valence-corrected chi connectivity index (χ0v) is 11.9. The Bertz CT molecular complexity index is 632. The lowest BCUT2D eigenvalue weighted by molar-refractivity contribution is 1.04. The molecule has 0 fully saturated rings. The van der Waals surface area contributed by atoms with Crippen LogP contribution < -0.4 is 5.73 Å². The minimum Gasteiger partial charge on any atom is -0.368 e. The van der Waals surface area contributed by atoms with E-state index < -0.39 is 0 Å². The molecular weight excluding hydrogens is 285 g/mol. The summed E-state index contributed by atoms with van der Waals surface area (Å²) in [6.07, 6.45) is 0. The molecule has 0 unspecified atom stereocenters. The maximum atomic E-state index is 6.01. The van der Waals surface area contributed by atoms with Crippen LogP contribution in [0.4, 0.5) is 17.3 Å². The van der Waals surface area contributed by atoms with Gasteiger partial charge in [-0.3, -0.25) is 0 Å². The molecule has 0 aliphatic carbocycles. The molecule has 0 radical (unpaired) electrons. The summed E-state index contributed by atoms with van der Waals surface area (Å²) in [5, 5.41) is 9.19. The molecule has 1 aromatic heterocycles. The van der Waals surface area contributed by atoms with E-state index in [1.54, 1.807) is 32.0 Å². The summed E-state index contributed by atoms with van der Waals surface area (Å²) < 4.78 is 0. The Morgan fingerprint density at radius 3 is 2.26 bits per heavy atom. The lowest BCUT2D eigenvalue weighted by atomic mass is 10.3. The van der Waals surface area contributed by atoms with E-state index in [0.29, 0.717) is 32.8 Å². The van der Waals surface area contributed by atoms with E-state index in [1.807, 2.05) is 0 Å². The number of halogens is 2. The molecule has 7 heteroatoms. The summed E-state index contributed by atoms with van der Waals surface area (Å²) in [6, 6.07) is 4.99. The SMILES string of the molecule is Cc1nc(N)nc(C)c1N=Nc1ccc(Cl)cc1Cl. The fourth-order valence-electron chi connectivity index (χ4n) is 1.55. The maximum absolute atomic E-state index is 6.01. The number of benzene rings is 1. The molecular formula is C12H11Cl2N5. The zero-order valence-electron chi connectivity index (χ0n) is 10.4. The van der Waals surface area contributed by atoms with E-state index in [4.69, 9.17) is 28.9 Å². The van der Waals surface area contributed by atoms with E-state index in [2.05, 4.69) is 20.2 Å². The first-order valence-electron chi connectivity index (χ1n) is 5.45. The highest BCUT2D eigenvalue weighted by Crippen LogP contribution is 2.30. The number of aryl methyl sites for hydroxylation is 2. The number of hydrogen-bond acceptors (Lipinski definition) is 5. The van der Waals surface area contributed by atoms with Crippen molar-refractivity contribution in [3.05, 3.63) is 39.6 Å². The van der Waals surface area contributed by atoms with Gasteiger partial charge in [0, 0.05) is 5.02 Å². The predicted octanol–water partition coefficient (Wildman–Crippen LogP) is 4.40.